The summed E-state index contributed by atoms with van der Waals surface area (Å²) in [5.41, 5.74) is 0.819. The van der Waals surface area contributed by atoms with E-state index in [1.807, 2.05) is 24.3 Å². The van der Waals surface area contributed by atoms with E-state index in [2.05, 4.69) is 30.3 Å². The Kier molecular flexibility index (Phi) is 2.25. The summed E-state index contributed by atoms with van der Waals surface area (Å²) in [4.78, 5) is 0. The number of fused-ring (bicyclic) bond motifs is 3. The summed E-state index contributed by atoms with van der Waals surface area (Å²) in [5, 5.41) is 28.6. The number of rotatable bonds is 0. The van der Waals surface area contributed by atoms with E-state index >= 15 is 0 Å². The van der Waals surface area contributed by atoms with Gasteiger partial charge in [-0.3, -0.25) is 0 Å². The molecule has 2 N–H and O–H groups in total. The van der Waals surface area contributed by atoms with E-state index in [1.165, 1.54) is 21.5 Å². The Hall–Kier alpha value is -2.42. The maximum absolute atomic E-state index is 10.4. The van der Waals surface area contributed by atoms with Gasteiger partial charge in [-0.05, 0) is 49.2 Å². The lowest BCUT2D eigenvalue weighted by molar-refractivity contribution is 0.0573. The second kappa shape index (κ2) is 4.07. The van der Waals surface area contributed by atoms with Crippen LogP contribution in [0.1, 0.15) is 11.7 Å². The average Bonchev–Trinajstić information content (AvgIpc) is 2.56. The quantitative estimate of drug-likeness (QED) is 0.385. The molecule has 106 valence electrons. The predicted octanol–water partition coefficient (Wildman–Crippen LogP) is 3.05. The van der Waals surface area contributed by atoms with E-state index in [0.29, 0.717) is 0 Å². The highest BCUT2D eigenvalue weighted by Crippen LogP contribution is 2.37. The lowest BCUT2D eigenvalue weighted by Gasteiger charge is -2.24. The molecule has 2 heteroatoms. The molecule has 0 radical (unpaired) electrons. The molecule has 0 amide bonds. The third kappa shape index (κ3) is 1.36. The minimum atomic E-state index is -0.863. The summed E-state index contributed by atoms with van der Waals surface area (Å²) in [6.07, 6.45) is 0.0704. The van der Waals surface area contributed by atoms with E-state index < -0.39 is 12.2 Å². The fraction of sp³-hybridized carbons (Fsp3) is 0.100. The Bertz CT molecular complexity index is 1110. The van der Waals surface area contributed by atoms with Crippen LogP contribution in [0.3, 0.4) is 0 Å². The van der Waals surface area contributed by atoms with Crippen molar-refractivity contribution in [3.63, 3.8) is 0 Å². The van der Waals surface area contributed by atoms with Crippen LogP contribution in [-0.2, 0) is 0 Å². The van der Waals surface area contributed by atoms with Gasteiger partial charge in [0.15, 0.2) is 0 Å². The molecule has 0 saturated carbocycles. The smallest absolute Gasteiger partial charge is 0.109 e. The largest absolute Gasteiger partial charge is 0.386 e. The summed E-state index contributed by atoms with van der Waals surface area (Å²) in [5.74, 6) is 0. The van der Waals surface area contributed by atoms with Crippen molar-refractivity contribution in [2.75, 3.05) is 0 Å². The maximum Gasteiger partial charge on any atom is 0.109 e. The van der Waals surface area contributed by atoms with Crippen LogP contribution < -0.4 is 5.22 Å². The Morgan fingerprint density at radius 1 is 0.682 bits per heavy atom. The molecule has 1 aliphatic carbocycles. The van der Waals surface area contributed by atoms with Gasteiger partial charge in [0.25, 0.3) is 0 Å². The highest BCUT2D eigenvalue weighted by molar-refractivity contribution is 6.22. The zero-order chi connectivity index (χ0) is 14.8. The molecule has 2 atom stereocenters. The van der Waals surface area contributed by atoms with Gasteiger partial charge in [-0.25, -0.2) is 0 Å². The van der Waals surface area contributed by atoms with Gasteiger partial charge in [0.1, 0.15) is 12.2 Å². The van der Waals surface area contributed by atoms with Crippen molar-refractivity contribution >= 4 is 38.4 Å². The van der Waals surface area contributed by atoms with E-state index in [4.69, 9.17) is 0 Å². The third-order valence-corrected chi connectivity index (χ3v) is 4.83. The van der Waals surface area contributed by atoms with Crippen LogP contribution >= 0.6 is 0 Å². The molecule has 0 heterocycles. The van der Waals surface area contributed by atoms with Crippen LogP contribution in [0.4, 0.5) is 0 Å². The number of benzene rings is 4. The summed E-state index contributed by atoms with van der Waals surface area (Å²) in [7, 11) is 0. The fourth-order valence-electron chi connectivity index (χ4n) is 3.86. The Labute approximate surface area is 126 Å². The minimum absolute atomic E-state index is 0.819. The van der Waals surface area contributed by atoms with Crippen molar-refractivity contribution < 1.29 is 10.2 Å². The number of aliphatic hydroxyl groups excluding tert-OH is 2. The summed E-state index contributed by atoms with van der Waals surface area (Å²) in [6, 6.07) is 18.6. The normalized spacial score (nSPS) is 20.6. The first kappa shape index (κ1) is 12.2. The van der Waals surface area contributed by atoms with Crippen LogP contribution in [0.2, 0.25) is 0 Å². The van der Waals surface area contributed by atoms with Crippen LogP contribution in [-0.4, -0.2) is 16.3 Å². The van der Waals surface area contributed by atoms with Gasteiger partial charge >= 0.3 is 0 Å². The first-order chi connectivity index (χ1) is 10.8. The molecular formula is C20H14O2. The Balaban J connectivity index is 2.23. The lowest BCUT2D eigenvalue weighted by atomic mass is 9.84. The summed E-state index contributed by atoms with van der Waals surface area (Å²) < 4.78 is 0. The summed E-state index contributed by atoms with van der Waals surface area (Å²) >= 11 is 0. The molecule has 22 heavy (non-hydrogen) atoms. The SMILES string of the molecule is OC1C=c2c3ccccc3c3cccc4ccc(c2c43)C1O. The van der Waals surface area contributed by atoms with Crippen LogP contribution in [0.15, 0.2) is 54.6 Å². The van der Waals surface area contributed by atoms with Gasteiger partial charge in [0.2, 0.25) is 0 Å². The number of hydrogen-bond donors (Lipinski definition) is 2. The van der Waals surface area contributed by atoms with E-state index in [0.717, 1.165) is 21.6 Å². The molecule has 0 bridgehead atoms. The molecule has 0 fully saturated rings. The highest BCUT2D eigenvalue weighted by Gasteiger charge is 2.25. The van der Waals surface area contributed by atoms with Gasteiger partial charge in [-0.1, -0.05) is 54.6 Å². The molecular weight excluding hydrogens is 272 g/mol. The lowest BCUT2D eigenvalue weighted by Crippen LogP contribution is -2.26. The molecule has 4 aromatic carbocycles. The van der Waals surface area contributed by atoms with Gasteiger partial charge in [0.05, 0.1) is 0 Å². The Morgan fingerprint density at radius 3 is 2.32 bits per heavy atom. The van der Waals surface area contributed by atoms with Gasteiger partial charge in [0, 0.05) is 0 Å². The first-order valence-electron chi connectivity index (χ1n) is 7.49. The summed E-state index contributed by atoms with van der Waals surface area (Å²) in [6.45, 7) is 0. The monoisotopic (exact) mass is 286 g/mol. The molecule has 4 aromatic rings. The molecule has 0 aliphatic heterocycles. The zero-order valence-electron chi connectivity index (χ0n) is 11.8. The van der Waals surface area contributed by atoms with Crippen LogP contribution in [0, 0.1) is 0 Å². The van der Waals surface area contributed by atoms with Crippen molar-refractivity contribution in [1.82, 2.24) is 0 Å². The number of aliphatic hydroxyl groups is 2. The first-order valence-corrected chi connectivity index (χ1v) is 7.49. The van der Waals surface area contributed by atoms with Crippen LogP contribution in [0.25, 0.3) is 38.4 Å². The molecule has 5 rings (SSSR count). The predicted molar refractivity (Wildman–Crippen MR) is 89.6 cm³/mol. The van der Waals surface area contributed by atoms with E-state index in [1.54, 1.807) is 6.08 Å². The highest BCUT2D eigenvalue weighted by atomic mass is 16.3. The third-order valence-electron chi connectivity index (χ3n) is 4.83. The van der Waals surface area contributed by atoms with Crippen molar-refractivity contribution in [3.05, 3.63) is 65.4 Å². The molecule has 1 aliphatic rings. The zero-order valence-corrected chi connectivity index (χ0v) is 11.8. The number of hydrogen-bond acceptors (Lipinski definition) is 2. The minimum Gasteiger partial charge on any atom is -0.386 e. The average molecular weight is 286 g/mol. The molecule has 0 aromatic heterocycles. The molecule has 0 spiro atoms. The van der Waals surface area contributed by atoms with Gasteiger partial charge in [-0.2, -0.15) is 0 Å². The molecule has 0 saturated heterocycles. The topological polar surface area (TPSA) is 40.5 Å². The molecule has 2 nitrogen and oxygen atoms in total. The standard InChI is InChI=1S/C20H14O2/c21-17-10-16-13-6-2-1-5-12(13)14-7-3-4-11-8-9-15(20(17)22)19(16)18(11)14/h1-10,17,20-22H. The van der Waals surface area contributed by atoms with Crippen molar-refractivity contribution in [2.24, 2.45) is 0 Å². The maximum atomic E-state index is 10.4. The van der Waals surface area contributed by atoms with Crippen LogP contribution in [0.5, 0.6) is 0 Å². The van der Waals surface area contributed by atoms with Crippen molar-refractivity contribution in [2.45, 2.75) is 12.2 Å². The van der Waals surface area contributed by atoms with Crippen molar-refractivity contribution in [3.8, 4) is 0 Å². The van der Waals surface area contributed by atoms with E-state index in [9.17, 15) is 10.2 Å². The van der Waals surface area contributed by atoms with Gasteiger partial charge in [-0.15, -0.1) is 0 Å². The van der Waals surface area contributed by atoms with Gasteiger partial charge < -0.3 is 10.2 Å². The molecule has 2 unspecified atom stereocenters. The van der Waals surface area contributed by atoms with Crippen molar-refractivity contribution in [1.29, 1.82) is 0 Å². The van der Waals surface area contributed by atoms with E-state index in [-0.39, 0.29) is 0 Å². The fourth-order valence-corrected chi connectivity index (χ4v) is 3.86. The second-order valence-electron chi connectivity index (χ2n) is 5.99. The Morgan fingerprint density at radius 2 is 1.45 bits per heavy atom. The second-order valence-corrected chi connectivity index (χ2v) is 5.99.